The molecule has 0 unspecified atom stereocenters. The van der Waals surface area contributed by atoms with Crippen LogP contribution in [0.3, 0.4) is 0 Å². The normalized spacial score (nSPS) is 11.6. The van der Waals surface area contributed by atoms with Gasteiger partial charge in [-0.1, -0.05) is 0 Å². The molecular formula is C8H17N5O3. The lowest BCUT2D eigenvalue weighted by molar-refractivity contribution is -0.126. The lowest BCUT2D eigenvalue weighted by atomic mass is 10.1. The second kappa shape index (κ2) is 7.60. The Morgan fingerprint density at radius 2 is 1.94 bits per heavy atom. The molecule has 0 aromatic rings. The van der Waals surface area contributed by atoms with Gasteiger partial charge in [-0.3, -0.25) is 20.2 Å². The Hall–Kier alpha value is -1.67. The van der Waals surface area contributed by atoms with Crippen molar-refractivity contribution in [1.82, 2.24) is 16.1 Å². The summed E-state index contributed by atoms with van der Waals surface area (Å²) in [6.45, 7) is -0.209. The molecule has 0 saturated heterocycles. The second-order valence-corrected chi connectivity index (χ2v) is 3.12. The van der Waals surface area contributed by atoms with E-state index >= 15 is 0 Å². The summed E-state index contributed by atoms with van der Waals surface area (Å²) < 4.78 is 0. The van der Waals surface area contributed by atoms with Crippen LogP contribution >= 0.6 is 0 Å². The first-order valence-corrected chi connectivity index (χ1v) is 4.74. The number of primary amides is 1. The van der Waals surface area contributed by atoms with Crippen LogP contribution in [0, 0.1) is 0 Å². The zero-order valence-corrected chi connectivity index (χ0v) is 9.08. The molecule has 0 aliphatic heterocycles. The Bertz CT molecular complexity index is 268. The van der Waals surface area contributed by atoms with Gasteiger partial charge in [-0.2, -0.15) is 0 Å². The number of hydrazine groups is 1. The van der Waals surface area contributed by atoms with E-state index in [4.69, 9.17) is 11.6 Å². The molecule has 0 aromatic carbocycles. The number of amides is 3. The van der Waals surface area contributed by atoms with E-state index in [2.05, 4.69) is 16.1 Å². The SMILES string of the molecule is CNC(=O)[C@H](CCC(=O)NCC(N)=O)NN. The van der Waals surface area contributed by atoms with E-state index < -0.39 is 11.9 Å². The molecule has 0 rings (SSSR count). The molecule has 16 heavy (non-hydrogen) atoms. The second-order valence-electron chi connectivity index (χ2n) is 3.12. The third-order valence-corrected chi connectivity index (χ3v) is 1.88. The molecule has 0 heterocycles. The average molecular weight is 231 g/mol. The summed E-state index contributed by atoms with van der Waals surface area (Å²) in [5.74, 6) is 3.86. The van der Waals surface area contributed by atoms with Gasteiger partial charge in [-0.25, -0.2) is 5.43 Å². The van der Waals surface area contributed by atoms with Gasteiger partial charge >= 0.3 is 0 Å². The molecule has 0 fully saturated rings. The fourth-order valence-electron chi connectivity index (χ4n) is 1.01. The summed E-state index contributed by atoms with van der Waals surface area (Å²) in [5.41, 5.74) is 7.13. The number of carbonyl (C=O) groups excluding carboxylic acids is 3. The number of rotatable bonds is 7. The zero-order chi connectivity index (χ0) is 12.6. The number of carbonyl (C=O) groups is 3. The number of hydrogen-bond acceptors (Lipinski definition) is 5. The molecule has 3 amide bonds. The van der Waals surface area contributed by atoms with Crippen LogP contribution in [0.2, 0.25) is 0 Å². The Morgan fingerprint density at radius 3 is 2.38 bits per heavy atom. The van der Waals surface area contributed by atoms with Gasteiger partial charge in [0.15, 0.2) is 0 Å². The van der Waals surface area contributed by atoms with E-state index in [1.807, 2.05) is 0 Å². The first-order chi connectivity index (χ1) is 7.51. The van der Waals surface area contributed by atoms with Gasteiger partial charge in [-0.15, -0.1) is 0 Å². The minimum absolute atomic E-state index is 0.0789. The highest BCUT2D eigenvalue weighted by atomic mass is 16.2. The maximum Gasteiger partial charge on any atom is 0.238 e. The van der Waals surface area contributed by atoms with E-state index in [0.717, 1.165) is 0 Å². The fourth-order valence-corrected chi connectivity index (χ4v) is 1.01. The van der Waals surface area contributed by atoms with Crippen LogP contribution in [-0.2, 0) is 14.4 Å². The molecule has 1 atom stereocenters. The number of nitrogens with one attached hydrogen (secondary N) is 3. The summed E-state index contributed by atoms with van der Waals surface area (Å²) >= 11 is 0. The molecule has 92 valence electrons. The van der Waals surface area contributed by atoms with Crippen LogP contribution in [0.1, 0.15) is 12.8 Å². The maximum atomic E-state index is 11.2. The molecule has 8 heteroatoms. The van der Waals surface area contributed by atoms with Gasteiger partial charge in [-0.05, 0) is 6.42 Å². The first kappa shape index (κ1) is 14.3. The molecule has 0 radical (unpaired) electrons. The molecule has 0 spiro atoms. The summed E-state index contributed by atoms with van der Waals surface area (Å²) in [6, 6.07) is -0.635. The van der Waals surface area contributed by atoms with Gasteiger partial charge in [0, 0.05) is 13.5 Å². The molecule has 0 aliphatic carbocycles. The van der Waals surface area contributed by atoms with Gasteiger partial charge in [0.25, 0.3) is 0 Å². The summed E-state index contributed by atoms with van der Waals surface area (Å²) in [7, 11) is 1.47. The first-order valence-electron chi connectivity index (χ1n) is 4.74. The van der Waals surface area contributed by atoms with Crippen molar-refractivity contribution < 1.29 is 14.4 Å². The average Bonchev–Trinajstić information content (AvgIpc) is 2.26. The molecule has 7 N–H and O–H groups in total. The Morgan fingerprint density at radius 1 is 1.31 bits per heavy atom. The highest BCUT2D eigenvalue weighted by Gasteiger charge is 2.16. The van der Waals surface area contributed by atoms with Crippen LogP contribution in [0.4, 0.5) is 0 Å². The highest BCUT2D eigenvalue weighted by Crippen LogP contribution is 1.96. The maximum absolute atomic E-state index is 11.2. The molecule has 0 bridgehead atoms. The van der Waals surface area contributed by atoms with Gasteiger partial charge in [0.1, 0.15) is 6.04 Å². The fraction of sp³-hybridized carbons (Fsp3) is 0.625. The summed E-state index contributed by atoms with van der Waals surface area (Å²) in [5, 5.41) is 4.71. The largest absolute Gasteiger partial charge is 0.368 e. The van der Waals surface area contributed by atoms with Crippen molar-refractivity contribution in [2.75, 3.05) is 13.6 Å². The molecule has 0 aliphatic rings. The van der Waals surface area contributed by atoms with Crippen molar-refractivity contribution in [3.05, 3.63) is 0 Å². The molecule has 0 saturated carbocycles. The van der Waals surface area contributed by atoms with Crippen LogP contribution in [-0.4, -0.2) is 37.4 Å². The highest BCUT2D eigenvalue weighted by molar-refractivity contribution is 5.85. The smallest absolute Gasteiger partial charge is 0.238 e. The van der Waals surface area contributed by atoms with Crippen molar-refractivity contribution in [3.63, 3.8) is 0 Å². The van der Waals surface area contributed by atoms with Gasteiger partial charge < -0.3 is 16.4 Å². The van der Waals surface area contributed by atoms with E-state index in [1.165, 1.54) is 7.05 Å². The van der Waals surface area contributed by atoms with Crippen molar-refractivity contribution in [2.24, 2.45) is 11.6 Å². The predicted molar refractivity (Wildman–Crippen MR) is 56.6 cm³/mol. The van der Waals surface area contributed by atoms with Crippen molar-refractivity contribution in [3.8, 4) is 0 Å². The van der Waals surface area contributed by atoms with E-state index in [0.29, 0.717) is 0 Å². The lowest BCUT2D eigenvalue weighted by Crippen LogP contribution is -2.47. The van der Waals surface area contributed by atoms with Crippen molar-refractivity contribution in [1.29, 1.82) is 0 Å². The molecule has 8 nitrogen and oxygen atoms in total. The minimum atomic E-state index is -0.635. The van der Waals surface area contributed by atoms with Crippen LogP contribution in [0.15, 0.2) is 0 Å². The quantitative estimate of drug-likeness (QED) is 0.234. The number of likely N-dealkylation sites (N-methyl/N-ethyl adjacent to an activating group) is 1. The predicted octanol–water partition coefficient (Wildman–Crippen LogP) is -3.05. The molecular weight excluding hydrogens is 214 g/mol. The van der Waals surface area contributed by atoms with Crippen LogP contribution < -0.4 is 27.6 Å². The topological polar surface area (TPSA) is 139 Å². The van der Waals surface area contributed by atoms with Crippen LogP contribution in [0.25, 0.3) is 0 Å². The third kappa shape index (κ3) is 5.94. The van der Waals surface area contributed by atoms with Crippen molar-refractivity contribution >= 4 is 17.7 Å². The zero-order valence-electron chi connectivity index (χ0n) is 9.08. The summed E-state index contributed by atoms with van der Waals surface area (Å²) in [6.07, 6.45) is 0.316. The van der Waals surface area contributed by atoms with E-state index in [1.54, 1.807) is 0 Å². The number of hydrogen-bond donors (Lipinski definition) is 5. The third-order valence-electron chi connectivity index (χ3n) is 1.88. The van der Waals surface area contributed by atoms with Gasteiger partial charge in [0.2, 0.25) is 17.7 Å². The van der Waals surface area contributed by atoms with Crippen molar-refractivity contribution in [2.45, 2.75) is 18.9 Å². The van der Waals surface area contributed by atoms with E-state index in [9.17, 15) is 14.4 Å². The minimum Gasteiger partial charge on any atom is -0.368 e. The Kier molecular flexibility index (Phi) is 6.81. The summed E-state index contributed by atoms with van der Waals surface area (Å²) in [4.78, 5) is 32.7. The number of nitrogens with two attached hydrogens (primary N) is 2. The monoisotopic (exact) mass is 231 g/mol. The van der Waals surface area contributed by atoms with Gasteiger partial charge in [0.05, 0.1) is 6.54 Å². The van der Waals surface area contributed by atoms with E-state index in [-0.39, 0.29) is 31.2 Å². The Labute approximate surface area is 93.1 Å². The molecule has 0 aromatic heterocycles. The Balaban J connectivity index is 3.88. The lowest BCUT2D eigenvalue weighted by Gasteiger charge is -2.13. The standard InChI is InChI=1S/C8H17N5O3/c1-11-8(16)5(13-10)2-3-7(15)12-4-6(9)14/h5,13H,2-4,10H2,1H3,(H2,9,14)(H,11,16)(H,12,15)/t5-/m0/s1. The van der Waals surface area contributed by atoms with Crippen LogP contribution in [0.5, 0.6) is 0 Å².